The van der Waals surface area contributed by atoms with Gasteiger partial charge in [-0.15, -0.1) is 0 Å². The van der Waals surface area contributed by atoms with Crippen LogP contribution < -0.4 is 10.8 Å². The largest absolute Gasteiger partial charge is 0.356 e. The van der Waals surface area contributed by atoms with Crippen molar-refractivity contribution in [3.8, 4) is 0 Å². The molecule has 1 aromatic carbocycles. The highest BCUT2D eigenvalue weighted by Crippen LogP contribution is 2.17. The molecule has 0 fully saturated rings. The van der Waals surface area contributed by atoms with Crippen molar-refractivity contribution in [1.82, 2.24) is 10.8 Å². The number of nitrogens with one attached hydrogen (secondary N) is 2. The molecule has 0 bridgehead atoms. The molecule has 0 saturated heterocycles. The van der Waals surface area contributed by atoms with Crippen LogP contribution in [0, 0.1) is 5.92 Å². The summed E-state index contributed by atoms with van der Waals surface area (Å²) in [6.07, 6.45) is 6.69. The standard InChI is InChI=1S/C23H30N2O5/c1-3-29-16-30-15-21(24-22(26)19-11-9-17(2)10-12-19)14-20(23(27)25-28)13-18-7-5-4-6-8-18/h4-9,11-12,20-21,28H,2-3,10,13-16H2,1H3,(H,24,26)(H,25,27)/t20-,21-/m0/s1. The first-order chi connectivity index (χ1) is 14.5. The lowest BCUT2D eigenvalue weighted by Crippen LogP contribution is -2.43. The highest BCUT2D eigenvalue weighted by Gasteiger charge is 2.25. The van der Waals surface area contributed by atoms with E-state index in [1.54, 1.807) is 11.6 Å². The predicted molar refractivity (Wildman–Crippen MR) is 114 cm³/mol. The van der Waals surface area contributed by atoms with E-state index in [1.807, 2.05) is 49.4 Å². The maximum absolute atomic E-state index is 12.7. The number of allylic oxidation sites excluding steroid dienone is 3. The molecule has 162 valence electrons. The van der Waals surface area contributed by atoms with E-state index in [2.05, 4.69) is 11.9 Å². The molecule has 30 heavy (non-hydrogen) atoms. The van der Waals surface area contributed by atoms with Gasteiger partial charge in [-0.05, 0) is 37.8 Å². The number of carbonyl (C=O) groups is 2. The fourth-order valence-corrected chi connectivity index (χ4v) is 3.14. The third-order valence-electron chi connectivity index (χ3n) is 4.74. The van der Waals surface area contributed by atoms with Crippen LogP contribution in [0.25, 0.3) is 0 Å². The summed E-state index contributed by atoms with van der Waals surface area (Å²) in [6.45, 7) is 6.52. The summed E-state index contributed by atoms with van der Waals surface area (Å²) in [5.74, 6) is -1.29. The van der Waals surface area contributed by atoms with E-state index in [1.165, 1.54) is 0 Å². The zero-order chi connectivity index (χ0) is 21.8. The van der Waals surface area contributed by atoms with Crippen LogP contribution in [0.3, 0.4) is 0 Å². The molecule has 3 N–H and O–H groups in total. The number of hydrogen-bond acceptors (Lipinski definition) is 5. The van der Waals surface area contributed by atoms with Gasteiger partial charge in [0, 0.05) is 18.1 Å². The minimum Gasteiger partial charge on any atom is -0.356 e. The Hall–Kier alpha value is -2.74. The second-order valence-electron chi connectivity index (χ2n) is 7.11. The van der Waals surface area contributed by atoms with Gasteiger partial charge in [-0.3, -0.25) is 14.8 Å². The highest BCUT2D eigenvalue weighted by atomic mass is 16.7. The van der Waals surface area contributed by atoms with E-state index in [9.17, 15) is 14.8 Å². The number of amides is 2. The van der Waals surface area contributed by atoms with Crippen LogP contribution in [0.1, 0.15) is 25.3 Å². The molecule has 1 aromatic rings. The van der Waals surface area contributed by atoms with Crippen LogP contribution in [0.2, 0.25) is 0 Å². The van der Waals surface area contributed by atoms with Crippen LogP contribution >= 0.6 is 0 Å². The Labute approximate surface area is 177 Å². The Balaban J connectivity index is 2.08. The van der Waals surface area contributed by atoms with Gasteiger partial charge >= 0.3 is 0 Å². The Morgan fingerprint density at radius 2 is 1.97 bits per heavy atom. The lowest BCUT2D eigenvalue weighted by atomic mass is 9.92. The minimum atomic E-state index is -0.547. The molecule has 2 atom stereocenters. The monoisotopic (exact) mass is 414 g/mol. The molecule has 0 spiro atoms. The Bertz CT molecular complexity index is 773. The van der Waals surface area contributed by atoms with Crippen molar-refractivity contribution in [2.75, 3.05) is 20.0 Å². The second kappa shape index (κ2) is 12.7. The maximum atomic E-state index is 12.7. The Kier molecular flexibility index (Phi) is 10.00. The van der Waals surface area contributed by atoms with Crippen molar-refractivity contribution in [3.63, 3.8) is 0 Å². The molecule has 0 radical (unpaired) electrons. The summed E-state index contributed by atoms with van der Waals surface area (Å²) >= 11 is 0. The highest BCUT2D eigenvalue weighted by molar-refractivity contribution is 5.96. The molecule has 0 aliphatic heterocycles. The normalized spacial score (nSPS) is 15.3. The first-order valence-electron chi connectivity index (χ1n) is 10.0. The van der Waals surface area contributed by atoms with Gasteiger partial charge in [0.25, 0.3) is 5.91 Å². The van der Waals surface area contributed by atoms with Crippen molar-refractivity contribution >= 4 is 11.8 Å². The third kappa shape index (κ3) is 7.94. The zero-order valence-electron chi connectivity index (χ0n) is 17.3. The first-order valence-corrected chi connectivity index (χ1v) is 10.0. The fourth-order valence-electron chi connectivity index (χ4n) is 3.14. The van der Waals surface area contributed by atoms with E-state index >= 15 is 0 Å². The number of rotatable bonds is 12. The van der Waals surface area contributed by atoms with Crippen LogP contribution in [-0.2, 0) is 25.5 Å². The van der Waals surface area contributed by atoms with Gasteiger partial charge in [-0.1, -0.05) is 54.6 Å². The molecular weight excluding hydrogens is 384 g/mol. The maximum Gasteiger partial charge on any atom is 0.251 e. The van der Waals surface area contributed by atoms with Crippen molar-refractivity contribution in [2.24, 2.45) is 5.92 Å². The average Bonchev–Trinajstić information content (AvgIpc) is 2.76. The van der Waals surface area contributed by atoms with Crippen molar-refractivity contribution in [2.45, 2.75) is 32.2 Å². The van der Waals surface area contributed by atoms with Gasteiger partial charge in [0.05, 0.1) is 12.6 Å². The molecular formula is C23H30N2O5. The quantitative estimate of drug-likeness (QED) is 0.211. The van der Waals surface area contributed by atoms with Crippen LogP contribution in [0.4, 0.5) is 0 Å². The van der Waals surface area contributed by atoms with Gasteiger partial charge < -0.3 is 14.8 Å². The van der Waals surface area contributed by atoms with E-state index < -0.39 is 17.9 Å². The summed E-state index contributed by atoms with van der Waals surface area (Å²) in [5, 5.41) is 12.1. The SMILES string of the molecule is C=C1C=CC(C(=O)N[C@H](COCOCC)C[C@H](Cc2ccccc2)C(=O)NO)=CC1. The predicted octanol–water partition coefficient (Wildman–Crippen LogP) is 2.68. The van der Waals surface area contributed by atoms with Gasteiger partial charge in [0.2, 0.25) is 5.91 Å². The van der Waals surface area contributed by atoms with Gasteiger partial charge in [0.15, 0.2) is 0 Å². The van der Waals surface area contributed by atoms with E-state index in [0.717, 1.165) is 11.1 Å². The molecule has 7 heteroatoms. The van der Waals surface area contributed by atoms with Crippen LogP contribution in [0.5, 0.6) is 0 Å². The molecule has 2 amide bonds. The molecule has 1 aliphatic rings. The van der Waals surface area contributed by atoms with Gasteiger partial charge in [0.1, 0.15) is 6.79 Å². The summed E-state index contributed by atoms with van der Waals surface area (Å²) < 4.78 is 10.7. The van der Waals surface area contributed by atoms with E-state index in [-0.39, 0.29) is 19.3 Å². The number of hydrogen-bond donors (Lipinski definition) is 3. The summed E-state index contributed by atoms with van der Waals surface area (Å²) in [4.78, 5) is 25.0. The summed E-state index contributed by atoms with van der Waals surface area (Å²) in [7, 11) is 0. The third-order valence-corrected chi connectivity index (χ3v) is 4.74. The molecule has 0 aromatic heterocycles. The zero-order valence-corrected chi connectivity index (χ0v) is 17.3. The summed E-state index contributed by atoms with van der Waals surface area (Å²) in [6, 6.07) is 9.08. The van der Waals surface area contributed by atoms with Crippen molar-refractivity contribution in [3.05, 3.63) is 71.8 Å². The van der Waals surface area contributed by atoms with Crippen LogP contribution in [-0.4, -0.2) is 43.1 Å². The van der Waals surface area contributed by atoms with Gasteiger partial charge in [-0.2, -0.15) is 0 Å². The number of benzene rings is 1. The first kappa shape index (κ1) is 23.5. The van der Waals surface area contributed by atoms with E-state index in [4.69, 9.17) is 9.47 Å². The number of ether oxygens (including phenoxy) is 2. The second-order valence-corrected chi connectivity index (χ2v) is 7.11. The molecule has 7 nitrogen and oxygen atoms in total. The average molecular weight is 415 g/mol. The molecule has 1 aliphatic carbocycles. The molecule has 2 rings (SSSR count). The van der Waals surface area contributed by atoms with E-state index in [0.29, 0.717) is 31.4 Å². The Morgan fingerprint density at radius 1 is 1.20 bits per heavy atom. The Morgan fingerprint density at radius 3 is 2.60 bits per heavy atom. The van der Waals surface area contributed by atoms with Crippen molar-refractivity contribution < 1.29 is 24.3 Å². The minimum absolute atomic E-state index is 0.0981. The number of carbonyl (C=O) groups excluding carboxylic acids is 2. The fraction of sp³-hybridized carbons (Fsp3) is 0.391. The number of hydroxylamine groups is 1. The smallest absolute Gasteiger partial charge is 0.251 e. The molecule has 0 heterocycles. The lowest BCUT2D eigenvalue weighted by molar-refractivity contribution is -0.134. The topological polar surface area (TPSA) is 96.9 Å². The van der Waals surface area contributed by atoms with Crippen molar-refractivity contribution in [1.29, 1.82) is 0 Å². The molecule has 0 saturated carbocycles. The lowest BCUT2D eigenvalue weighted by Gasteiger charge is -2.24. The van der Waals surface area contributed by atoms with Crippen LogP contribution in [0.15, 0.2) is 66.3 Å². The van der Waals surface area contributed by atoms with Gasteiger partial charge in [-0.25, -0.2) is 5.48 Å². The molecule has 0 unspecified atom stereocenters. The summed E-state index contributed by atoms with van der Waals surface area (Å²) in [5.41, 5.74) is 4.18.